The second kappa shape index (κ2) is 5.46. The molecule has 0 saturated carbocycles. The molecule has 2 atom stereocenters. The third kappa shape index (κ3) is 3.61. The van der Waals surface area contributed by atoms with Crippen LogP contribution in [0.2, 0.25) is 0 Å². The number of aliphatic hydroxyl groups is 1. The minimum Gasteiger partial charge on any atom is -0.391 e. The van der Waals surface area contributed by atoms with Crippen molar-refractivity contribution < 1.29 is 9.90 Å². The number of rotatable bonds is 3. The molecule has 1 aliphatic rings. The van der Waals surface area contributed by atoms with E-state index in [4.69, 9.17) is 0 Å². The zero-order chi connectivity index (χ0) is 12.3. The normalized spacial score (nSPS) is 25.0. The van der Waals surface area contributed by atoms with Crippen molar-refractivity contribution >= 4 is 5.91 Å². The van der Waals surface area contributed by atoms with Gasteiger partial charge in [-0.15, -0.1) is 0 Å². The molecular formula is C12H22N2O2. The third-order valence-corrected chi connectivity index (χ3v) is 2.66. The van der Waals surface area contributed by atoms with Crippen molar-refractivity contribution in [3.05, 3.63) is 11.6 Å². The molecule has 1 rings (SSSR count). The molecule has 0 aromatic carbocycles. The van der Waals surface area contributed by atoms with Crippen molar-refractivity contribution in [1.29, 1.82) is 0 Å². The number of likely N-dealkylation sites (tertiary alicyclic amines) is 1. The van der Waals surface area contributed by atoms with Gasteiger partial charge in [-0.25, -0.2) is 0 Å². The Morgan fingerprint density at radius 1 is 1.50 bits per heavy atom. The average molecular weight is 226 g/mol. The van der Waals surface area contributed by atoms with Crippen molar-refractivity contribution in [2.45, 2.75) is 32.4 Å². The fourth-order valence-electron chi connectivity index (χ4n) is 2.09. The van der Waals surface area contributed by atoms with Crippen LogP contribution in [-0.2, 0) is 4.79 Å². The second-order valence-corrected chi connectivity index (χ2v) is 5.02. The van der Waals surface area contributed by atoms with Crippen LogP contribution in [0.3, 0.4) is 0 Å². The molecular weight excluding hydrogens is 204 g/mol. The average Bonchev–Trinajstić information content (AvgIpc) is 2.44. The number of hydrogen-bond donors (Lipinski definition) is 1. The topological polar surface area (TPSA) is 43.8 Å². The highest BCUT2D eigenvalue weighted by atomic mass is 16.3. The summed E-state index contributed by atoms with van der Waals surface area (Å²) in [6.45, 7) is 5.08. The SMILES string of the molecule is CC(C)=CC(=O)N1CC(O)CC1CN(C)C. The van der Waals surface area contributed by atoms with Crippen LogP contribution in [0.25, 0.3) is 0 Å². The van der Waals surface area contributed by atoms with E-state index >= 15 is 0 Å². The van der Waals surface area contributed by atoms with Gasteiger partial charge >= 0.3 is 0 Å². The lowest BCUT2D eigenvalue weighted by atomic mass is 10.2. The molecule has 1 fully saturated rings. The number of carbonyl (C=O) groups is 1. The van der Waals surface area contributed by atoms with Crippen molar-refractivity contribution in [2.75, 3.05) is 27.2 Å². The molecule has 16 heavy (non-hydrogen) atoms. The number of amides is 1. The molecule has 0 radical (unpaired) electrons. The minimum absolute atomic E-state index is 0.0170. The molecule has 0 bridgehead atoms. The van der Waals surface area contributed by atoms with E-state index < -0.39 is 0 Å². The van der Waals surface area contributed by atoms with Crippen LogP contribution in [0.1, 0.15) is 20.3 Å². The monoisotopic (exact) mass is 226 g/mol. The van der Waals surface area contributed by atoms with Gasteiger partial charge in [0.15, 0.2) is 0 Å². The maximum atomic E-state index is 11.9. The lowest BCUT2D eigenvalue weighted by Crippen LogP contribution is -2.40. The van der Waals surface area contributed by atoms with Gasteiger partial charge in [-0.3, -0.25) is 4.79 Å². The first-order chi connectivity index (χ1) is 7.40. The van der Waals surface area contributed by atoms with Gasteiger partial charge in [-0.1, -0.05) is 5.57 Å². The Kier molecular flexibility index (Phi) is 4.50. The molecule has 92 valence electrons. The minimum atomic E-state index is -0.375. The van der Waals surface area contributed by atoms with Crippen molar-refractivity contribution in [3.63, 3.8) is 0 Å². The van der Waals surface area contributed by atoms with Crippen LogP contribution in [0.15, 0.2) is 11.6 Å². The van der Waals surface area contributed by atoms with E-state index in [1.165, 1.54) is 0 Å². The molecule has 1 aliphatic heterocycles. The van der Waals surface area contributed by atoms with Gasteiger partial charge in [-0.05, 0) is 34.4 Å². The highest BCUT2D eigenvalue weighted by Crippen LogP contribution is 2.19. The largest absolute Gasteiger partial charge is 0.391 e. The van der Waals surface area contributed by atoms with E-state index in [2.05, 4.69) is 0 Å². The predicted molar refractivity (Wildman–Crippen MR) is 64.1 cm³/mol. The number of allylic oxidation sites excluding steroid dienone is 1. The molecule has 1 heterocycles. The Labute approximate surface area is 97.5 Å². The van der Waals surface area contributed by atoms with Crippen LogP contribution in [0.4, 0.5) is 0 Å². The summed E-state index contributed by atoms with van der Waals surface area (Å²) in [6, 6.07) is 0.132. The van der Waals surface area contributed by atoms with Gasteiger partial charge in [0.1, 0.15) is 0 Å². The van der Waals surface area contributed by atoms with E-state index in [9.17, 15) is 9.90 Å². The van der Waals surface area contributed by atoms with E-state index in [-0.39, 0.29) is 18.1 Å². The maximum Gasteiger partial charge on any atom is 0.246 e. The predicted octanol–water partition coefficient (Wildman–Crippen LogP) is 0.476. The smallest absolute Gasteiger partial charge is 0.246 e. The third-order valence-electron chi connectivity index (χ3n) is 2.66. The summed E-state index contributed by atoms with van der Waals surface area (Å²) in [5.74, 6) is 0.0170. The van der Waals surface area contributed by atoms with Gasteiger partial charge in [-0.2, -0.15) is 0 Å². The maximum absolute atomic E-state index is 11.9. The second-order valence-electron chi connectivity index (χ2n) is 5.02. The van der Waals surface area contributed by atoms with Crippen molar-refractivity contribution in [2.24, 2.45) is 0 Å². The Morgan fingerprint density at radius 2 is 2.12 bits per heavy atom. The zero-order valence-corrected chi connectivity index (χ0v) is 10.6. The van der Waals surface area contributed by atoms with E-state index in [1.54, 1.807) is 11.0 Å². The molecule has 0 aliphatic carbocycles. The van der Waals surface area contributed by atoms with E-state index in [0.717, 1.165) is 12.1 Å². The molecule has 4 heteroatoms. The molecule has 1 N–H and O–H groups in total. The van der Waals surface area contributed by atoms with Crippen molar-refractivity contribution in [1.82, 2.24) is 9.80 Å². The molecule has 0 aromatic heterocycles. The fourth-order valence-corrected chi connectivity index (χ4v) is 2.09. The summed E-state index contributed by atoms with van der Waals surface area (Å²) in [6.07, 6.45) is 1.95. The summed E-state index contributed by atoms with van der Waals surface area (Å²) in [4.78, 5) is 15.7. The summed E-state index contributed by atoms with van der Waals surface area (Å²) in [5.41, 5.74) is 0.995. The summed E-state index contributed by atoms with van der Waals surface area (Å²) >= 11 is 0. The summed E-state index contributed by atoms with van der Waals surface area (Å²) in [7, 11) is 3.96. The van der Waals surface area contributed by atoms with Gasteiger partial charge in [0.05, 0.1) is 6.10 Å². The number of β-amino-alcohol motifs (C(OH)–C–C–N with tert-alkyl or cyclic N) is 1. The zero-order valence-electron chi connectivity index (χ0n) is 10.6. The van der Waals surface area contributed by atoms with Crippen LogP contribution >= 0.6 is 0 Å². The Bertz CT molecular complexity index is 283. The highest BCUT2D eigenvalue weighted by Gasteiger charge is 2.33. The molecule has 2 unspecified atom stereocenters. The number of carbonyl (C=O) groups excluding carboxylic acids is 1. The van der Waals surface area contributed by atoms with Gasteiger partial charge < -0.3 is 14.9 Å². The lowest BCUT2D eigenvalue weighted by molar-refractivity contribution is -0.127. The highest BCUT2D eigenvalue weighted by molar-refractivity contribution is 5.88. The Morgan fingerprint density at radius 3 is 2.62 bits per heavy atom. The number of nitrogens with zero attached hydrogens (tertiary/aromatic N) is 2. The van der Waals surface area contributed by atoms with Crippen molar-refractivity contribution in [3.8, 4) is 0 Å². The lowest BCUT2D eigenvalue weighted by Gasteiger charge is -2.25. The van der Waals surface area contributed by atoms with Gasteiger partial charge in [0.25, 0.3) is 0 Å². The van der Waals surface area contributed by atoms with Gasteiger partial charge in [0, 0.05) is 25.2 Å². The van der Waals surface area contributed by atoms with Crippen LogP contribution in [0, 0.1) is 0 Å². The summed E-state index contributed by atoms with van der Waals surface area (Å²) in [5, 5.41) is 9.63. The van der Waals surface area contributed by atoms with Gasteiger partial charge in [0.2, 0.25) is 5.91 Å². The van der Waals surface area contributed by atoms with E-state index in [1.807, 2.05) is 32.8 Å². The van der Waals surface area contributed by atoms with Crippen LogP contribution in [0.5, 0.6) is 0 Å². The molecule has 4 nitrogen and oxygen atoms in total. The number of aliphatic hydroxyl groups excluding tert-OH is 1. The van der Waals surface area contributed by atoms with Crippen LogP contribution < -0.4 is 0 Å². The first-order valence-corrected chi connectivity index (χ1v) is 5.68. The Balaban J connectivity index is 2.69. The molecule has 1 saturated heterocycles. The van der Waals surface area contributed by atoms with E-state index in [0.29, 0.717) is 13.0 Å². The molecule has 0 spiro atoms. The molecule has 1 amide bonds. The molecule has 0 aromatic rings. The quantitative estimate of drug-likeness (QED) is 0.712. The first kappa shape index (κ1) is 13.2. The fraction of sp³-hybridized carbons (Fsp3) is 0.750. The number of hydrogen-bond acceptors (Lipinski definition) is 3. The van der Waals surface area contributed by atoms with Crippen LogP contribution in [-0.4, -0.2) is 60.1 Å². The first-order valence-electron chi connectivity index (χ1n) is 5.68. The standard InChI is InChI=1S/C12H22N2O2/c1-9(2)5-12(16)14-8-11(15)6-10(14)7-13(3)4/h5,10-11,15H,6-8H2,1-4H3. The Hall–Kier alpha value is -0.870. The summed E-state index contributed by atoms with van der Waals surface area (Å²) < 4.78 is 0. The number of likely N-dealkylation sites (N-methyl/N-ethyl adjacent to an activating group) is 1.